The fourth-order valence-electron chi connectivity index (χ4n) is 1.49. The average molecular weight is 216 g/mol. The molecular weight excluding hydrogens is 204 g/mol. The monoisotopic (exact) mass is 216 g/mol. The summed E-state index contributed by atoms with van der Waals surface area (Å²) >= 11 is 0. The van der Waals surface area contributed by atoms with Gasteiger partial charge in [-0.2, -0.15) is 0 Å². The SMILES string of the molecule is Nc1cc(=O)[nH]c(Cc2ccccc2N)n1. The minimum absolute atomic E-state index is 0.216. The first kappa shape index (κ1) is 10.2. The summed E-state index contributed by atoms with van der Waals surface area (Å²) in [6, 6.07) is 8.68. The highest BCUT2D eigenvalue weighted by atomic mass is 16.1. The first-order chi connectivity index (χ1) is 7.65. The number of nitrogens with one attached hydrogen (secondary N) is 1. The number of hydrogen-bond acceptors (Lipinski definition) is 4. The standard InChI is InChI=1S/C11H12N4O/c12-8-4-2-1-3-7(8)5-10-14-9(13)6-11(16)15-10/h1-4,6H,5,12H2,(H3,13,14,15,16). The lowest BCUT2D eigenvalue weighted by Gasteiger charge is -2.04. The van der Waals surface area contributed by atoms with Crippen LogP contribution in [0.5, 0.6) is 0 Å². The van der Waals surface area contributed by atoms with Crippen LogP contribution in [0.4, 0.5) is 11.5 Å². The van der Waals surface area contributed by atoms with Gasteiger partial charge in [0.1, 0.15) is 11.6 Å². The molecule has 82 valence electrons. The van der Waals surface area contributed by atoms with E-state index in [9.17, 15) is 4.79 Å². The number of benzene rings is 1. The fraction of sp³-hybridized carbons (Fsp3) is 0.0909. The first-order valence-corrected chi connectivity index (χ1v) is 4.84. The minimum atomic E-state index is -0.253. The molecular formula is C11H12N4O. The summed E-state index contributed by atoms with van der Waals surface area (Å²) in [6.07, 6.45) is 0.465. The lowest BCUT2D eigenvalue weighted by atomic mass is 10.1. The Bertz CT molecular complexity index is 562. The van der Waals surface area contributed by atoms with Crippen molar-refractivity contribution in [2.24, 2.45) is 0 Å². The number of nitrogens with two attached hydrogens (primary N) is 2. The Kier molecular flexibility index (Phi) is 2.59. The summed E-state index contributed by atoms with van der Waals surface area (Å²) in [5, 5.41) is 0. The molecule has 0 aliphatic heterocycles. The van der Waals surface area contributed by atoms with E-state index in [1.807, 2.05) is 18.2 Å². The van der Waals surface area contributed by atoms with Gasteiger partial charge in [0, 0.05) is 18.2 Å². The van der Waals surface area contributed by atoms with Crippen molar-refractivity contribution in [1.29, 1.82) is 0 Å². The molecule has 0 amide bonds. The van der Waals surface area contributed by atoms with Crippen LogP contribution in [0.15, 0.2) is 35.1 Å². The first-order valence-electron chi connectivity index (χ1n) is 4.84. The highest BCUT2D eigenvalue weighted by Gasteiger charge is 2.03. The van der Waals surface area contributed by atoms with E-state index in [2.05, 4.69) is 9.97 Å². The van der Waals surface area contributed by atoms with E-state index in [4.69, 9.17) is 11.5 Å². The quantitative estimate of drug-likeness (QED) is 0.637. The van der Waals surface area contributed by atoms with Gasteiger partial charge in [0.05, 0.1) is 0 Å². The van der Waals surface area contributed by atoms with Gasteiger partial charge in [0.15, 0.2) is 0 Å². The van der Waals surface area contributed by atoms with Crippen LogP contribution in [0.2, 0.25) is 0 Å². The largest absolute Gasteiger partial charge is 0.398 e. The number of para-hydroxylation sites is 1. The highest BCUT2D eigenvalue weighted by molar-refractivity contribution is 5.47. The third-order valence-corrected chi connectivity index (χ3v) is 2.22. The van der Waals surface area contributed by atoms with E-state index in [-0.39, 0.29) is 11.4 Å². The van der Waals surface area contributed by atoms with Gasteiger partial charge in [-0.3, -0.25) is 4.79 Å². The molecule has 0 aliphatic rings. The number of hydrogen-bond donors (Lipinski definition) is 3. The average Bonchev–Trinajstić information content (AvgIpc) is 2.20. The Morgan fingerprint density at radius 3 is 2.69 bits per heavy atom. The second-order valence-electron chi connectivity index (χ2n) is 3.49. The number of aromatic amines is 1. The fourth-order valence-corrected chi connectivity index (χ4v) is 1.49. The lowest BCUT2D eigenvalue weighted by Crippen LogP contribution is -2.13. The maximum atomic E-state index is 11.2. The Balaban J connectivity index is 2.34. The summed E-state index contributed by atoms with van der Waals surface area (Å²) in [5.41, 5.74) is 12.6. The predicted octanol–water partition coefficient (Wildman–Crippen LogP) is 0.525. The zero-order valence-corrected chi connectivity index (χ0v) is 8.60. The summed E-state index contributed by atoms with van der Waals surface area (Å²) in [4.78, 5) is 17.8. The summed E-state index contributed by atoms with van der Waals surface area (Å²) in [7, 11) is 0. The van der Waals surface area contributed by atoms with Crippen molar-refractivity contribution in [3.63, 3.8) is 0 Å². The molecule has 0 radical (unpaired) electrons. The van der Waals surface area contributed by atoms with Crippen LogP contribution in [-0.4, -0.2) is 9.97 Å². The van der Waals surface area contributed by atoms with Crippen molar-refractivity contribution in [3.05, 3.63) is 52.1 Å². The third kappa shape index (κ3) is 2.20. The van der Waals surface area contributed by atoms with Gasteiger partial charge in [0.25, 0.3) is 5.56 Å². The van der Waals surface area contributed by atoms with E-state index in [1.165, 1.54) is 6.07 Å². The third-order valence-electron chi connectivity index (χ3n) is 2.22. The normalized spacial score (nSPS) is 10.2. The molecule has 0 saturated heterocycles. The molecule has 5 heteroatoms. The van der Waals surface area contributed by atoms with Gasteiger partial charge >= 0.3 is 0 Å². The molecule has 5 nitrogen and oxygen atoms in total. The minimum Gasteiger partial charge on any atom is -0.398 e. The number of nitrogen functional groups attached to an aromatic ring is 2. The molecule has 0 atom stereocenters. The summed E-state index contributed by atoms with van der Waals surface area (Å²) in [6.45, 7) is 0. The van der Waals surface area contributed by atoms with Gasteiger partial charge in [-0.25, -0.2) is 4.98 Å². The van der Waals surface area contributed by atoms with Crippen molar-refractivity contribution in [2.45, 2.75) is 6.42 Å². The molecule has 1 aromatic carbocycles. The molecule has 16 heavy (non-hydrogen) atoms. The van der Waals surface area contributed by atoms with E-state index in [1.54, 1.807) is 6.07 Å². The van der Waals surface area contributed by atoms with Crippen molar-refractivity contribution < 1.29 is 0 Å². The van der Waals surface area contributed by atoms with E-state index in [0.717, 1.165) is 5.56 Å². The summed E-state index contributed by atoms with van der Waals surface area (Å²) < 4.78 is 0. The zero-order valence-electron chi connectivity index (χ0n) is 8.60. The van der Waals surface area contributed by atoms with E-state index >= 15 is 0 Å². The second kappa shape index (κ2) is 4.06. The molecule has 1 heterocycles. The van der Waals surface area contributed by atoms with Crippen molar-refractivity contribution in [1.82, 2.24) is 9.97 Å². The molecule has 0 aliphatic carbocycles. The molecule has 0 fully saturated rings. The number of rotatable bonds is 2. The van der Waals surface area contributed by atoms with Crippen LogP contribution in [0.3, 0.4) is 0 Å². The highest BCUT2D eigenvalue weighted by Crippen LogP contribution is 2.13. The molecule has 0 unspecified atom stereocenters. The van der Waals surface area contributed by atoms with Crippen LogP contribution in [0.25, 0.3) is 0 Å². The van der Waals surface area contributed by atoms with E-state index < -0.39 is 0 Å². The molecule has 2 aromatic rings. The van der Waals surface area contributed by atoms with Gasteiger partial charge < -0.3 is 16.5 Å². The van der Waals surface area contributed by atoms with E-state index in [0.29, 0.717) is 17.9 Å². The van der Waals surface area contributed by atoms with Gasteiger partial charge in [-0.15, -0.1) is 0 Å². The molecule has 0 saturated carbocycles. The Hall–Kier alpha value is -2.30. The topological polar surface area (TPSA) is 97.8 Å². The van der Waals surface area contributed by atoms with Crippen molar-refractivity contribution >= 4 is 11.5 Å². The Morgan fingerprint density at radius 1 is 1.25 bits per heavy atom. The maximum Gasteiger partial charge on any atom is 0.252 e. The smallest absolute Gasteiger partial charge is 0.252 e. The number of nitrogens with zero attached hydrogens (tertiary/aromatic N) is 1. The van der Waals surface area contributed by atoms with Crippen LogP contribution in [0, 0.1) is 0 Å². The molecule has 0 spiro atoms. The molecule has 2 rings (SSSR count). The second-order valence-corrected chi connectivity index (χ2v) is 3.49. The van der Waals surface area contributed by atoms with Crippen molar-refractivity contribution in [3.8, 4) is 0 Å². The number of H-pyrrole nitrogens is 1. The zero-order chi connectivity index (χ0) is 11.5. The maximum absolute atomic E-state index is 11.2. The molecule has 1 aromatic heterocycles. The van der Waals surface area contributed by atoms with Gasteiger partial charge in [-0.05, 0) is 11.6 Å². The van der Waals surface area contributed by atoms with Gasteiger partial charge in [0.2, 0.25) is 0 Å². The predicted molar refractivity (Wildman–Crippen MR) is 62.9 cm³/mol. The van der Waals surface area contributed by atoms with Crippen LogP contribution in [0.1, 0.15) is 11.4 Å². The Morgan fingerprint density at radius 2 is 2.00 bits per heavy atom. The Labute approximate surface area is 92.1 Å². The van der Waals surface area contributed by atoms with Crippen LogP contribution < -0.4 is 17.0 Å². The number of anilines is 2. The van der Waals surface area contributed by atoms with Crippen molar-refractivity contribution in [2.75, 3.05) is 11.5 Å². The van der Waals surface area contributed by atoms with Crippen LogP contribution in [-0.2, 0) is 6.42 Å². The molecule has 0 bridgehead atoms. The summed E-state index contributed by atoms with van der Waals surface area (Å²) in [5.74, 6) is 0.733. The number of aromatic nitrogens is 2. The lowest BCUT2D eigenvalue weighted by molar-refractivity contribution is 0.954. The van der Waals surface area contributed by atoms with Gasteiger partial charge in [-0.1, -0.05) is 18.2 Å². The molecule has 5 N–H and O–H groups in total. The van der Waals surface area contributed by atoms with Crippen LogP contribution >= 0.6 is 0 Å².